The van der Waals surface area contributed by atoms with Crippen LogP contribution in [0, 0.1) is 0 Å². The maximum absolute atomic E-state index is 12.5. The Hall–Kier alpha value is -2.97. The van der Waals surface area contributed by atoms with E-state index in [9.17, 15) is 9.59 Å². The highest BCUT2D eigenvalue weighted by Crippen LogP contribution is 2.34. The zero-order valence-electron chi connectivity index (χ0n) is 15.5. The summed E-state index contributed by atoms with van der Waals surface area (Å²) >= 11 is 7.13. The molecule has 9 heteroatoms. The summed E-state index contributed by atoms with van der Waals surface area (Å²) in [7, 11) is 1.60. The Morgan fingerprint density at radius 1 is 1.17 bits per heavy atom. The second-order valence-corrected chi connectivity index (χ2v) is 7.96. The minimum atomic E-state index is -0.285. The lowest BCUT2D eigenvalue weighted by Gasteiger charge is -2.16. The molecule has 3 aromatic rings. The van der Waals surface area contributed by atoms with Crippen LogP contribution in [0.3, 0.4) is 0 Å². The lowest BCUT2D eigenvalue weighted by atomic mass is 10.1. The van der Waals surface area contributed by atoms with Gasteiger partial charge in [-0.1, -0.05) is 22.9 Å². The number of rotatable bonds is 5. The molecule has 0 aliphatic carbocycles. The van der Waals surface area contributed by atoms with E-state index in [1.807, 2.05) is 24.3 Å². The molecule has 148 valence electrons. The number of carbonyl (C=O) groups is 2. The van der Waals surface area contributed by atoms with Crippen LogP contribution in [-0.2, 0) is 4.79 Å². The SMILES string of the molecule is COc1ccc(N2C[C@H](c3nnc(NC(=O)c4ccc(Cl)cc4)s3)CC2=O)cc1. The minimum absolute atomic E-state index is 0.0297. The largest absolute Gasteiger partial charge is 0.497 e. The fraction of sp³-hybridized carbons (Fsp3) is 0.200. The quantitative estimate of drug-likeness (QED) is 0.664. The van der Waals surface area contributed by atoms with Crippen LogP contribution in [0.25, 0.3) is 0 Å². The number of hydrogen-bond donors (Lipinski definition) is 1. The summed E-state index contributed by atoms with van der Waals surface area (Å²) in [6.45, 7) is 0.519. The standard InChI is InChI=1S/C20H17ClN4O3S/c1-28-16-8-6-15(7-9-16)25-11-13(10-17(25)26)19-23-24-20(29-19)22-18(27)12-2-4-14(21)5-3-12/h2-9,13H,10-11H2,1H3,(H,22,24,27)/t13-/m1/s1. The van der Waals surface area contributed by atoms with Crippen LogP contribution >= 0.6 is 22.9 Å². The molecular formula is C20H17ClN4O3S. The van der Waals surface area contributed by atoms with E-state index in [0.717, 1.165) is 16.4 Å². The number of methoxy groups -OCH3 is 1. The Morgan fingerprint density at radius 2 is 1.90 bits per heavy atom. The lowest BCUT2D eigenvalue weighted by Crippen LogP contribution is -2.24. The number of halogens is 1. The van der Waals surface area contributed by atoms with Gasteiger partial charge in [0.1, 0.15) is 10.8 Å². The van der Waals surface area contributed by atoms with Gasteiger partial charge in [0, 0.05) is 35.2 Å². The van der Waals surface area contributed by atoms with Crippen molar-refractivity contribution < 1.29 is 14.3 Å². The first kappa shape index (κ1) is 19.4. The first-order valence-corrected chi connectivity index (χ1v) is 10.1. The van der Waals surface area contributed by atoms with E-state index in [2.05, 4.69) is 15.5 Å². The molecule has 2 aromatic carbocycles. The number of nitrogens with one attached hydrogen (secondary N) is 1. The molecule has 0 saturated carbocycles. The molecule has 0 spiro atoms. The molecule has 2 heterocycles. The molecule has 0 unspecified atom stereocenters. The summed E-state index contributed by atoms with van der Waals surface area (Å²) in [6, 6.07) is 14.0. The Morgan fingerprint density at radius 3 is 2.59 bits per heavy atom. The maximum Gasteiger partial charge on any atom is 0.257 e. The summed E-state index contributed by atoms with van der Waals surface area (Å²) in [4.78, 5) is 26.5. The molecule has 0 bridgehead atoms. The highest BCUT2D eigenvalue weighted by Gasteiger charge is 2.34. The molecular weight excluding hydrogens is 412 g/mol. The van der Waals surface area contributed by atoms with E-state index < -0.39 is 0 Å². The fourth-order valence-corrected chi connectivity index (χ4v) is 4.06. The number of hydrogen-bond acceptors (Lipinski definition) is 6. The van der Waals surface area contributed by atoms with Crippen molar-refractivity contribution in [3.8, 4) is 5.75 Å². The maximum atomic E-state index is 12.5. The molecule has 2 amide bonds. The van der Waals surface area contributed by atoms with Crippen LogP contribution in [0.5, 0.6) is 5.75 Å². The van der Waals surface area contributed by atoms with Gasteiger partial charge in [0.15, 0.2) is 0 Å². The average molecular weight is 429 g/mol. The van der Waals surface area contributed by atoms with Crippen molar-refractivity contribution in [2.75, 3.05) is 23.9 Å². The number of nitrogens with zero attached hydrogens (tertiary/aromatic N) is 3. The molecule has 1 aliphatic heterocycles. The topological polar surface area (TPSA) is 84.4 Å². The van der Waals surface area contributed by atoms with Crippen molar-refractivity contribution in [3.63, 3.8) is 0 Å². The van der Waals surface area contributed by atoms with Gasteiger partial charge in [0.2, 0.25) is 11.0 Å². The van der Waals surface area contributed by atoms with E-state index in [4.69, 9.17) is 16.3 Å². The molecule has 0 radical (unpaired) electrons. The Kier molecular flexibility index (Phi) is 5.46. The number of carbonyl (C=O) groups excluding carboxylic acids is 2. The van der Waals surface area contributed by atoms with Gasteiger partial charge in [0.05, 0.1) is 7.11 Å². The van der Waals surface area contributed by atoms with Crippen LogP contribution in [0.1, 0.15) is 27.7 Å². The number of amides is 2. The van der Waals surface area contributed by atoms with Gasteiger partial charge >= 0.3 is 0 Å². The molecule has 1 aliphatic rings. The van der Waals surface area contributed by atoms with Gasteiger partial charge in [-0.25, -0.2) is 0 Å². The second kappa shape index (κ2) is 8.18. The van der Waals surface area contributed by atoms with Gasteiger partial charge in [-0.05, 0) is 48.5 Å². The van der Waals surface area contributed by atoms with Crippen LogP contribution < -0.4 is 15.0 Å². The second-order valence-electron chi connectivity index (χ2n) is 6.51. The predicted molar refractivity (Wildman–Crippen MR) is 112 cm³/mol. The third kappa shape index (κ3) is 4.23. The van der Waals surface area contributed by atoms with Crippen LogP contribution in [-0.4, -0.2) is 35.7 Å². The smallest absolute Gasteiger partial charge is 0.257 e. The highest BCUT2D eigenvalue weighted by atomic mass is 35.5. The van der Waals surface area contributed by atoms with E-state index in [1.165, 1.54) is 11.3 Å². The molecule has 29 heavy (non-hydrogen) atoms. The predicted octanol–water partition coefficient (Wildman–Crippen LogP) is 3.97. The molecule has 7 nitrogen and oxygen atoms in total. The Bertz CT molecular complexity index is 1040. The number of ether oxygens (including phenoxy) is 1. The van der Waals surface area contributed by atoms with Crippen LogP contribution in [0.2, 0.25) is 5.02 Å². The summed E-state index contributed by atoms with van der Waals surface area (Å²) in [5.74, 6) is 0.416. The fourth-order valence-electron chi connectivity index (χ4n) is 3.11. The Labute approximate surface area is 176 Å². The zero-order chi connectivity index (χ0) is 20.4. The summed E-state index contributed by atoms with van der Waals surface area (Å²) < 4.78 is 5.16. The van der Waals surface area contributed by atoms with Crippen molar-refractivity contribution in [2.45, 2.75) is 12.3 Å². The van der Waals surface area contributed by atoms with Gasteiger partial charge in [0.25, 0.3) is 5.91 Å². The van der Waals surface area contributed by atoms with E-state index in [1.54, 1.807) is 36.3 Å². The average Bonchev–Trinajstić information content (AvgIpc) is 3.35. The van der Waals surface area contributed by atoms with Crippen molar-refractivity contribution >= 4 is 45.6 Å². The van der Waals surface area contributed by atoms with Crippen molar-refractivity contribution in [2.24, 2.45) is 0 Å². The normalized spacial score (nSPS) is 16.1. The van der Waals surface area contributed by atoms with Crippen molar-refractivity contribution in [1.29, 1.82) is 0 Å². The molecule has 1 fully saturated rings. The van der Waals surface area contributed by atoms with Crippen molar-refractivity contribution in [3.05, 3.63) is 64.1 Å². The van der Waals surface area contributed by atoms with E-state index in [-0.39, 0.29) is 17.7 Å². The van der Waals surface area contributed by atoms with Gasteiger partial charge in [-0.2, -0.15) is 0 Å². The minimum Gasteiger partial charge on any atom is -0.497 e. The number of anilines is 2. The molecule has 1 N–H and O–H groups in total. The van der Waals surface area contributed by atoms with E-state index in [0.29, 0.717) is 28.7 Å². The Balaban J connectivity index is 1.43. The first-order valence-electron chi connectivity index (χ1n) is 8.88. The van der Waals surface area contributed by atoms with Gasteiger partial charge < -0.3 is 9.64 Å². The van der Waals surface area contributed by atoms with Crippen LogP contribution in [0.15, 0.2) is 48.5 Å². The molecule has 1 atom stereocenters. The molecule has 1 aromatic heterocycles. The van der Waals surface area contributed by atoms with Gasteiger partial charge in [-0.3, -0.25) is 14.9 Å². The zero-order valence-corrected chi connectivity index (χ0v) is 17.0. The highest BCUT2D eigenvalue weighted by molar-refractivity contribution is 7.15. The monoisotopic (exact) mass is 428 g/mol. The lowest BCUT2D eigenvalue weighted by molar-refractivity contribution is -0.117. The number of aromatic nitrogens is 2. The molecule has 4 rings (SSSR count). The summed E-state index contributed by atoms with van der Waals surface area (Å²) in [6.07, 6.45) is 0.353. The van der Waals surface area contributed by atoms with E-state index >= 15 is 0 Å². The molecule has 1 saturated heterocycles. The third-order valence-corrected chi connectivity index (χ3v) is 5.88. The summed E-state index contributed by atoms with van der Waals surface area (Å²) in [5.41, 5.74) is 1.30. The van der Waals surface area contributed by atoms with Crippen molar-refractivity contribution in [1.82, 2.24) is 10.2 Å². The third-order valence-electron chi connectivity index (χ3n) is 4.63. The first-order chi connectivity index (χ1) is 14.0. The summed E-state index contributed by atoms with van der Waals surface area (Å²) in [5, 5.41) is 12.7. The van der Waals surface area contributed by atoms with Gasteiger partial charge in [-0.15, -0.1) is 10.2 Å². The van der Waals surface area contributed by atoms with Crippen LogP contribution in [0.4, 0.5) is 10.8 Å². The number of benzene rings is 2.